The van der Waals surface area contributed by atoms with Crippen LogP contribution in [0.3, 0.4) is 0 Å². The molecule has 0 heterocycles. The van der Waals surface area contributed by atoms with Gasteiger partial charge in [-0.3, -0.25) is 0 Å². The fraction of sp³-hybridized carbons (Fsp3) is 0.143. The molecule has 0 aromatic heterocycles. The summed E-state index contributed by atoms with van der Waals surface area (Å²) in [6.45, 7) is -0.166. The maximum atomic E-state index is 9.69. The SMILES string of the molecule is C#CCc1cccc2cc(CO)c(O)cc12. The number of aliphatic hydroxyl groups is 1. The lowest BCUT2D eigenvalue weighted by Gasteiger charge is -2.07. The van der Waals surface area contributed by atoms with E-state index in [-0.39, 0.29) is 12.4 Å². The van der Waals surface area contributed by atoms with E-state index < -0.39 is 0 Å². The zero-order valence-electron chi connectivity index (χ0n) is 8.77. The molecular weight excluding hydrogens is 200 g/mol. The number of aromatic hydroxyl groups is 1. The Hall–Kier alpha value is -1.98. The summed E-state index contributed by atoms with van der Waals surface area (Å²) in [5, 5.41) is 20.7. The summed E-state index contributed by atoms with van der Waals surface area (Å²) in [6.07, 6.45) is 5.83. The predicted molar refractivity (Wildman–Crippen MR) is 64.1 cm³/mol. The van der Waals surface area contributed by atoms with E-state index in [1.54, 1.807) is 12.1 Å². The first-order chi connectivity index (χ1) is 7.76. The summed E-state index contributed by atoms with van der Waals surface area (Å²) in [5.74, 6) is 2.70. The molecule has 2 nitrogen and oxygen atoms in total. The van der Waals surface area contributed by atoms with E-state index >= 15 is 0 Å². The highest BCUT2D eigenvalue weighted by atomic mass is 16.3. The lowest BCUT2D eigenvalue weighted by Crippen LogP contribution is -1.89. The van der Waals surface area contributed by atoms with Gasteiger partial charge in [-0.05, 0) is 28.5 Å². The van der Waals surface area contributed by atoms with Crippen LogP contribution in [0.1, 0.15) is 11.1 Å². The van der Waals surface area contributed by atoms with Crippen LogP contribution in [0.5, 0.6) is 5.75 Å². The topological polar surface area (TPSA) is 40.5 Å². The Balaban J connectivity index is 2.70. The minimum absolute atomic E-state index is 0.111. The second-order valence-corrected chi connectivity index (χ2v) is 3.66. The lowest BCUT2D eigenvalue weighted by atomic mass is 10.00. The summed E-state index contributed by atoms with van der Waals surface area (Å²) in [4.78, 5) is 0. The van der Waals surface area contributed by atoms with Crippen LogP contribution in [0, 0.1) is 12.3 Å². The van der Waals surface area contributed by atoms with E-state index in [1.165, 1.54) is 0 Å². The summed E-state index contributed by atoms with van der Waals surface area (Å²) in [7, 11) is 0. The first kappa shape index (κ1) is 10.5. The molecule has 0 saturated heterocycles. The fourth-order valence-electron chi connectivity index (χ4n) is 1.82. The molecule has 16 heavy (non-hydrogen) atoms. The number of hydrogen-bond donors (Lipinski definition) is 2. The summed E-state index contributed by atoms with van der Waals surface area (Å²) < 4.78 is 0. The van der Waals surface area contributed by atoms with Gasteiger partial charge in [-0.25, -0.2) is 0 Å². The molecule has 0 fully saturated rings. The van der Waals surface area contributed by atoms with Crippen LogP contribution in [0.15, 0.2) is 30.3 Å². The Morgan fingerprint density at radius 1 is 1.19 bits per heavy atom. The number of phenols is 1. The number of fused-ring (bicyclic) bond motifs is 1. The first-order valence-electron chi connectivity index (χ1n) is 5.04. The van der Waals surface area contributed by atoms with Gasteiger partial charge < -0.3 is 10.2 Å². The highest BCUT2D eigenvalue weighted by Gasteiger charge is 2.05. The molecule has 0 aliphatic rings. The number of rotatable bonds is 2. The molecule has 2 rings (SSSR count). The van der Waals surface area contributed by atoms with E-state index in [0.29, 0.717) is 12.0 Å². The molecule has 80 valence electrons. The van der Waals surface area contributed by atoms with E-state index in [4.69, 9.17) is 11.5 Å². The van der Waals surface area contributed by atoms with Gasteiger partial charge in [0.15, 0.2) is 0 Å². The second kappa shape index (κ2) is 4.26. The Labute approximate surface area is 94.2 Å². The van der Waals surface area contributed by atoms with E-state index in [1.807, 2.05) is 18.2 Å². The van der Waals surface area contributed by atoms with Crippen molar-refractivity contribution in [2.75, 3.05) is 0 Å². The van der Waals surface area contributed by atoms with Crippen LogP contribution < -0.4 is 0 Å². The Bertz CT molecular complexity index is 565. The molecular formula is C14H12O2. The average Bonchev–Trinajstić information content (AvgIpc) is 2.29. The quantitative estimate of drug-likeness (QED) is 0.749. The molecule has 2 aromatic rings. The summed E-state index contributed by atoms with van der Waals surface area (Å²) in [5.41, 5.74) is 1.55. The van der Waals surface area contributed by atoms with Crippen LogP contribution in [0.4, 0.5) is 0 Å². The maximum absolute atomic E-state index is 9.69. The van der Waals surface area contributed by atoms with Crippen LogP contribution in [-0.2, 0) is 13.0 Å². The van der Waals surface area contributed by atoms with Crippen molar-refractivity contribution >= 4 is 10.8 Å². The average molecular weight is 212 g/mol. The molecule has 2 N–H and O–H groups in total. The molecule has 0 amide bonds. The fourth-order valence-corrected chi connectivity index (χ4v) is 1.82. The Morgan fingerprint density at radius 2 is 2.00 bits per heavy atom. The summed E-state index contributed by atoms with van der Waals surface area (Å²) >= 11 is 0. The molecule has 2 aromatic carbocycles. The van der Waals surface area contributed by atoms with Crippen molar-refractivity contribution in [3.63, 3.8) is 0 Å². The highest BCUT2D eigenvalue weighted by Crippen LogP contribution is 2.27. The minimum Gasteiger partial charge on any atom is -0.508 e. The van der Waals surface area contributed by atoms with Crippen molar-refractivity contribution in [1.82, 2.24) is 0 Å². The normalized spacial score (nSPS) is 10.2. The summed E-state index contributed by atoms with van der Waals surface area (Å²) in [6, 6.07) is 9.25. The van der Waals surface area contributed by atoms with Crippen LogP contribution in [-0.4, -0.2) is 10.2 Å². The zero-order chi connectivity index (χ0) is 11.5. The van der Waals surface area contributed by atoms with Gasteiger partial charge in [-0.1, -0.05) is 18.2 Å². The van der Waals surface area contributed by atoms with E-state index in [2.05, 4.69) is 5.92 Å². The molecule has 0 aliphatic heterocycles. The van der Waals surface area contributed by atoms with Crippen LogP contribution >= 0.6 is 0 Å². The van der Waals surface area contributed by atoms with Gasteiger partial charge in [0, 0.05) is 12.0 Å². The maximum Gasteiger partial charge on any atom is 0.121 e. The second-order valence-electron chi connectivity index (χ2n) is 3.66. The van der Waals surface area contributed by atoms with Crippen molar-refractivity contribution in [2.45, 2.75) is 13.0 Å². The largest absolute Gasteiger partial charge is 0.508 e. The third-order valence-electron chi connectivity index (χ3n) is 2.63. The van der Waals surface area contributed by atoms with Crippen molar-refractivity contribution in [2.24, 2.45) is 0 Å². The Morgan fingerprint density at radius 3 is 2.69 bits per heavy atom. The molecule has 0 aliphatic carbocycles. The monoisotopic (exact) mass is 212 g/mol. The number of benzene rings is 2. The zero-order valence-corrected chi connectivity index (χ0v) is 8.77. The van der Waals surface area contributed by atoms with Gasteiger partial charge in [-0.15, -0.1) is 12.3 Å². The minimum atomic E-state index is -0.166. The van der Waals surface area contributed by atoms with Crippen molar-refractivity contribution in [1.29, 1.82) is 0 Å². The van der Waals surface area contributed by atoms with Gasteiger partial charge in [0.05, 0.1) is 6.61 Å². The molecule has 0 unspecified atom stereocenters. The third kappa shape index (κ3) is 1.73. The van der Waals surface area contributed by atoms with Crippen LogP contribution in [0.25, 0.3) is 10.8 Å². The van der Waals surface area contributed by atoms with Crippen molar-refractivity contribution < 1.29 is 10.2 Å². The van der Waals surface area contributed by atoms with E-state index in [0.717, 1.165) is 16.3 Å². The van der Waals surface area contributed by atoms with Gasteiger partial charge in [-0.2, -0.15) is 0 Å². The molecule has 2 heteroatoms. The van der Waals surface area contributed by atoms with Gasteiger partial charge >= 0.3 is 0 Å². The molecule has 0 saturated carbocycles. The Kier molecular flexibility index (Phi) is 2.80. The van der Waals surface area contributed by atoms with Crippen molar-refractivity contribution in [3.05, 3.63) is 41.5 Å². The predicted octanol–water partition coefficient (Wildman–Crippen LogP) is 2.21. The van der Waals surface area contributed by atoms with Gasteiger partial charge in [0.2, 0.25) is 0 Å². The van der Waals surface area contributed by atoms with Crippen LogP contribution in [0.2, 0.25) is 0 Å². The molecule has 0 spiro atoms. The molecule has 0 bridgehead atoms. The smallest absolute Gasteiger partial charge is 0.121 e. The number of terminal acetylenes is 1. The highest BCUT2D eigenvalue weighted by molar-refractivity contribution is 5.88. The molecule has 0 atom stereocenters. The number of hydrogen-bond acceptors (Lipinski definition) is 2. The third-order valence-corrected chi connectivity index (χ3v) is 2.63. The standard InChI is InChI=1S/C14H12O2/c1-2-4-10-5-3-6-11-7-12(9-15)14(16)8-13(10)11/h1,3,5-8,15-16H,4,9H2. The van der Waals surface area contributed by atoms with Gasteiger partial charge in [0.25, 0.3) is 0 Å². The molecule has 0 radical (unpaired) electrons. The van der Waals surface area contributed by atoms with E-state index in [9.17, 15) is 5.11 Å². The first-order valence-corrected chi connectivity index (χ1v) is 5.04. The lowest BCUT2D eigenvalue weighted by molar-refractivity contribution is 0.276. The number of aliphatic hydroxyl groups excluding tert-OH is 1. The van der Waals surface area contributed by atoms with Gasteiger partial charge in [0.1, 0.15) is 5.75 Å². The van der Waals surface area contributed by atoms with Crippen molar-refractivity contribution in [3.8, 4) is 18.1 Å².